The first-order valence-electron chi connectivity index (χ1n) is 5.59. The smallest absolute Gasteiger partial charge is 0.282 e. The van der Waals surface area contributed by atoms with Crippen LogP contribution < -0.4 is 4.31 Å². The van der Waals surface area contributed by atoms with Crippen molar-refractivity contribution in [1.29, 1.82) is 0 Å². The van der Waals surface area contributed by atoms with Crippen molar-refractivity contribution in [2.75, 3.05) is 11.4 Å². The van der Waals surface area contributed by atoms with Crippen LogP contribution in [0.4, 0.5) is 5.69 Å². The van der Waals surface area contributed by atoms with Gasteiger partial charge in [-0.05, 0) is 12.1 Å². The molecular formula is C12H11N3O3S. The number of carbonyl (C=O) groups excluding carboxylic acids is 1. The number of ketones is 1. The van der Waals surface area contributed by atoms with Crippen LogP contribution in [-0.2, 0) is 17.1 Å². The predicted octanol–water partition coefficient (Wildman–Crippen LogP) is 0.790. The highest BCUT2D eigenvalue weighted by Crippen LogP contribution is 2.33. The highest BCUT2D eigenvalue weighted by atomic mass is 32.2. The fraction of sp³-hybridized carbons (Fsp3) is 0.167. The molecule has 0 amide bonds. The molecule has 0 N–H and O–H groups in total. The van der Waals surface area contributed by atoms with Crippen LogP contribution in [-0.4, -0.2) is 31.0 Å². The van der Waals surface area contributed by atoms with Crippen LogP contribution in [0, 0.1) is 0 Å². The topological polar surface area (TPSA) is 72.3 Å². The molecule has 0 unspecified atom stereocenters. The van der Waals surface area contributed by atoms with Crippen LogP contribution in [0.15, 0.2) is 35.5 Å². The Kier molecular flexibility index (Phi) is 2.30. The second-order valence-electron chi connectivity index (χ2n) is 4.31. The van der Waals surface area contributed by atoms with E-state index in [0.29, 0.717) is 11.3 Å². The lowest BCUT2D eigenvalue weighted by atomic mass is 10.0. The fourth-order valence-electron chi connectivity index (χ4n) is 2.23. The third-order valence-electron chi connectivity index (χ3n) is 3.22. The largest absolute Gasteiger partial charge is 0.288 e. The summed E-state index contributed by atoms with van der Waals surface area (Å²) in [5, 5.41) is 3.81. The van der Waals surface area contributed by atoms with Gasteiger partial charge in [0.1, 0.15) is 0 Å². The first kappa shape index (κ1) is 11.9. The summed E-state index contributed by atoms with van der Waals surface area (Å²) in [6.07, 6.45) is 1.30. The van der Waals surface area contributed by atoms with Crippen molar-refractivity contribution < 1.29 is 13.2 Å². The van der Waals surface area contributed by atoms with Crippen molar-refractivity contribution in [1.82, 2.24) is 9.78 Å². The lowest BCUT2D eigenvalue weighted by Gasteiger charge is -2.18. The zero-order valence-electron chi connectivity index (χ0n) is 10.4. The minimum absolute atomic E-state index is 0.0730. The summed E-state index contributed by atoms with van der Waals surface area (Å²) in [5.74, 6) is -0.327. The highest BCUT2D eigenvalue weighted by Gasteiger charge is 2.36. The molecule has 0 atom stereocenters. The van der Waals surface area contributed by atoms with Gasteiger partial charge in [0, 0.05) is 19.7 Å². The molecule has 2 aromatic rings. The lowest BCUT2D eigenvalue weighted by Crippen LogP contribution is -2.28. The molecule has 2 heterocycles. The van der Waals surface area contributed by atoms with E-state index in [4.69, 9.17) is 0 Å². The van der Waals surface area contributed by atoms with E-state index in [-0.39, 0.29) is 16.4 Å². The van der Waals surface area contributed by atoms with E-state index in [1.807, 2.05) is 0 Å². The molecular weight excluding hydrogens is 266 g/mol. The molecule has 0 radical (unpaired) electrons. The first-order valence-corrected chi connectivity index (χ1v) is 7.03. The van der Waals surface area contributed by atoms with E-state index in [1.165, 1.54) is 25.0 Å². The number of hydrogen-bond donors (Lipinski definition) is 0. The van der Waals surface area contributed by atoms with Gasteiger partial charge in [0.15, 0.2) is 10.8 Å². The van der Waals surface area contributed by atoms with Crippen LogP contribution in [0.2, 0.25) is 0 Å². The maximum atomic E-state index is 12.5. The van der Waals surface area contributed by atoms with E-state index in [1.54, 1.807) is 24.3 Å². The van der Waals surface area contributed by atoms with E-state index >= 15 is 0 Å². The molecule has 1 aliphatic rings. The number of nitrogens with zero attached hydrogens (tertiary/aromatic N) is 3. The SMILES string of the molecule is CN1c2ccccc2C(=O)c2cnn(C)c2S1(=O)=O. The van der Waals surface area contributed by atoms with Gasteiger partial charge in [-0.25, -0.2) is 0 Å². The maximum Gasteiger partial charge on any atom is 0.282 e. The normalized spacial score (nSPS) is 16.7. The van der Waals surface area contributed by atoms with Gasteiger partial charge in [-0.2, -0.15) is 13.5 Å². The molecule has 0 aliphatic carbocycles. The van der Waals surface area contributed by atoms with E-state index in [2.05, 4.69) is 5.10 Å². The number of aryl methyl sites for hydroxylation is 1. The number of para-hydroxylation sites is 1. The Labute approximate surface area is 110 Å². The van der Waals surface area contributed by atoms with Crippen molar-refractivity contribution >= 4 is 21.5 Å². The average molecular weight is 277 g/mol. The van der Waals surface area contributed by atoms with Gasteiger partial charge < -0.3 is 0 Å². The van der Waals surface area contributed by atoms with E-state index in [0.717, 1.165) is 4.31 Å². The van der Waals surface area contributed by atoms with Crippen molar-refractivity contribution in [2.24, 2.45) is 7.05 Å². The monoisotopic (exact) mass is 277 g/mol. The maximum absolute atomic E-state index is 12.5. The second-order valence-corrected chi connectivity index (χ2v) is 6.19. The Bertz CT molecular complexity index is 792. The highest BCUT2D eigenvalue weighted by molar-refractivity contribution is 7.92. The third kappa shape index (κ3) is 1.45. The molecule has 1 aromatic carbocycles. The van der Waals surface area contributed by atoms with Gasteiger partial charge in [-0.15, -0.1) is 0 Å². The van der Waals surface area contributed by atoms with Gasteiger partial charge in [0.05, 0.1) is 17.4 Å². The molecule has 7 heteroatoms. The first-order chi connectivity index (χ1) is 8.94. The van der Waals surface area contributed by atoms with Crippen LogP contribution in [0.3, 0.4) is 0 Å². The Morgan fingerprint density at radius 2 is 1.79 bits per heavy atom. The quantitative estimate of drug-likeness (QED) is 0.713. The summed E-state index contributed by atoms with van der Waals surface area (Å²) in [6.45, 7) is 0. The summed E-state index contributed by atoms with van der Waals surface area (Å²) >= 11 is 0. The van der Waals surface area contributed by atoms with Gasteiger partial charge in [0.2, 0.25) is 0 Å². The number of benzene rings is 1. The van der Waals surface area contributed by atoms with E-state index < -0.39 is 10.0 Å². The zero-order chi connectivity index (χ0) is 13.8. The molecule has 0 fully saturated rings. The molecule has 0 spiro atoms. The average Bonchev–Trinajstić information content (AvgIpc) is 2.77. The molecule has 0 bridgehead atoms. The number of sulfonamides is 1. The second kappa shape index (κ2) is 3.67. The van der Waals surface area contributed by atoms with Crippen molar-refractivity contribution in [3.63, 3.8) is 0 Å². The number of carbonyl (C=O) groups is 1. The Morgan fingerprint density at radius 1 is 1.11 bits per heavy atom. The number of rotatable bonds is 0. The van der Waals surface area contributed by atoms with Gasteiger partial charge in [0.25, 0.3) is 10.0 Å². The van der Waals surface area contributed by atoms with Crippen LogP contribution >= 0.6 is 0 Å². The molecule has 1 aliphatic heterocycles. The van der Waals surface area contributed by atoms with Crippen LogP contribution in [0.25, 0.3) is 0 Å². The van der Waals surface area contributed by atoms with Gasteiger partial charge in [-0.3, -0.25) is 13.8 Å². The number of fused-ring (bicyclic) bond motifs is 2. The zero-order valence-corrected chi connectivity index (χ0v) is 11.2. The third-order valence-corrected chi connectivity index (χ3v) is 5.11. The Hall–Kier alpha value is -2.15. The molecule has 3 rings (SSSR count). The Morgan fingerprint density at radius 3 is 2.53 bits per heavy atom. The molecule has 0 saturated carbocycles. The summed E-state index contributed by atoms with van der Waals surface area (Å²) in [6, 6.07) is 6.64. The number of hydrogen-bond acceptors (Lipinski definition) is 4. The van der Waals surface area contributed by atoms with Crippen LogP contribution in [0.5, 0.6) is 0 Å². The minimum atomic E-state index is -3.78. The molecule has 1 aromatic heterocycles. The standard InChI is InChI=1S/C12H11N3O3S/c1-14-12-9(7-13-14)11(16)8-5-3-4-6-10(8)15(2)19(12,17)18/h3-7H,1-2H3. The van der Waals surface area contributed by atoms with Gasteiger partial charge in [-0.1, -0.05) is 12.1 Å². The molecule has 19 heavy (non-hydrogen) atoms. The van der Waals surface area contributed by atoms with Crippen LogP contribution in [0.1, 0.15) is 15.9 Å². The lowest BCUT2D eigenvalue weighted by molar-refractivity contribution is 0.103. The summed E-state index contributed by atoms with van der Waals surface area (Å²) in [5.41, 5.74) is 0.850. The van der Waals surface area contributed by atoms with Crippen molar-refractivity contribution in [3.8, 4) is 0 Å². The van der Waals surface area contributed by atoms with E-state index in [9.17, 15) is 13.2 Å². The Balaban J connectivity index is 2.46. The van der Waals surface area contributed by atoms with Crippen molar-refractivity contribution in [3.05, 3.63) is 41.6 Å². The molecule has 6 nitrogen and oxygen atoms in total. The molecule has 0 saturated heterocycles. The summed E-state index contributed by atoms with van der Waals surface area (Å²) < 4.78 is 27.4. The summed E-state index contributed by atoms with van der Waals surface area (Å²) in [7, 11) is -0.836. The molecule has 98 valence electrons. The minimum Gasteiger partial charge on any atom is -0.288 e. The summed E-state index contributed by atoms with van der Waals surface area (Å²) in [4.78, 5) is 12.4. The fourth-order valence-corrected chi connectivity index (χ4v) is 3.71. The van der Waals surface area contributed by atoms with Crippen molar-refractivity contribution in [2.45, 2.75) is 5.03 Å². The number of aromatic nitrogens is 2. The number of anilines is 1. The van der Waals surface area contributed by atoms with Gasteiger partial charge >= 0.3 is 0 Å². The predicted molar refractivity (Wildman–Crippen MR) is 68.7 cm³/mol.